The Labute approximate surface area is 165 Å². The molecule has 0 aromatic heterocycles. The molecule has 10 heteroatoms. The number of benzene rings is 1. The lowest BCUT2D eigenvalue weighted by Gasteiger charge is -2.32. The molecule has 0 radical (unpaired) electrons. The van der Waals surface area contributed by atoms with E-state index in [1.807, 2.05) is 0 Å². The van der Waals surface area contributed by atoms with Gasteiger partial charge in [-0.3, -0.25) is 4.79 Å². The third-order valence-electron chi connectivity index (χ3n) is 5.26. The van der Waals surface area contributed by atoms with Crippen LogP contribution in [0.15, 0.2) is 24.3 Å². The Kier molecular flexibility index (Phi) is 5.53. The van der Waals surface area contributed by atoms with Gasteiger partial charge in [-0.05, 0) is 12.1 Å². The van der Waals surface area contributed by atoms with Crippen LogP contribution in [0.1, 0.15) is 6.42 Å². The predicted octanol–water partition coefficient (Wildman–Crippen LogP) is 0.653. The molecule has 154 valence electrons. The molecule has 1 N–H and O–H groups in total. The van der Waals surface area contributed by atoms with E-state index in [9.17, 15) is 18.0 Å². The zero-order valence-corrected chi connectivity index (χ0v) is 17.2. The number of sulfonamides is 1. The van der Waals surface area contributed by atoms with Crippen molar-refractivity contribution in [2.45, 2.75) is 6.42 Å². The van der Waals surface area contributed by atoms with Crippen molar-refractivity contribution in [3.63, 3.8) is 0 Å². The topological polar surface area (TPSA) is 99.3 Å². The van der Waals surface area contributed by atoms with Crippen molar-refractivity contribution < 1.29 is 22.7 Å². The van der Waals surface area contributed by atoms with Gasteiger partial charge in [-0.15, -0.1) is 0 Å². The fraction of sp³-hybridized carbons (Fsp3) is 0.556. The summed E-state index contributed by atoms with van der Waals surface area (Å²) in [5.74, 6) is 0.583. The van der Waals surface area contributed by atoms with Gasteiger partial charge in [-0.2, -0.15) is 4.31 Å². The van der Waals surface area contributed by atoms with Crippen LogP contribution in [0.3, 0.4) is 0 Å². The number of urea groups is 1. The smallest absolute Gasteiger partial charge is 0.321 e. The van der Waals surface area contributed by atoms with E-state index in [0.717, 1.165) is 6.26 Å². The Morgan fingerprint density at radius 3 is 2.57 bits per heavy atom. The highest BCUT2D eigenvalue weighted by molar-refractivity contribution is 7.88. The lowest BCUT2D eigenvalue weighted by atomic mass is 9.86. The first-order valence-corrected chi connectivity index (χ1v) is 10.9. The largest absolute Gasteiger partial charge is 0.497 e. The molecule has 0 bridgehead atoms. The first-order valence-electron chi connectivity index (χ1n) is 9.01. The van der Waals surface area contributed by atoms with Gasteiger partial charge >= 0.3 is 6.03 Å². The van der Waals surface area contributed by atoms with Crippen molar-refractivity contribution in [1.29, 1.82) is 0 Å². The van der Waals surface area contributed by atoms with Gasteiger partial charge in [0.2, 0.25) is 15.9 Å². The van der Waals surface area contributed by atoms with Gasteiger partial charge in [-0.1, -0.05) is 6.07 Å². The first-order chi connectivity index (χ1) is 13.1. The summed E-state index contributed by atoms with van der Waals surface area (Å²) in [6, 6.07) is 6.68. The van der Waals surface area contributed by atoms with Crippen molar-refractivity contribution in [3.8, 4) is 5.75 Å². The van der Waals surface area contributed by atoms with Crippen LogP contribution in [0.2, 0.25) is 0 Å². The Morgan fingerprint density at radius 2 is 1.96 bits per heavy atom. The molecule has 1 aromatic rings. The third-order valence-corrected chi connectivity index (χ3v) is 6.51. The molecule has 1 atom stereocenters. The van der Waals surface area contributed by atoms with E-state index in [0.29, 0.717) is 24.5 Å². The van der Waals surface area contributed by atoms with Crippen molar-refractivity contribution in [1.82, 2.24) is 14.1 Å². The number of hydrogen-bond donors (Lipinski definition) is 1. The fourth-order valence-corrected chi connectivity index (χ4v) is 4.82. The van der Waals surface area contributed by atoms with E-state index in [1.165, 1.54) is 4.31 Å². The van der Waals surface area contributed by atoms with Crippen LogP contribution < -0.4 is 10.1 Å². The van der Waals surface area contributed by atoms with Crippen LogP contribution in [0, 0.1) is 5.41 Å². The van der Waals surface area contributed by atoms with Gasteiger partial charge < -0.3 is 19.9 Å². The number of carbonyl (C=O) groups is 2. The SMILES string of the molecule is COc1cccc(NC(=O)N2CCN(S(C)(=O)=O)C[C@]3(CC(=O)N(C)C3)C2)c1. The number of nitrogens with zero attached hydrogens (tertiary/aromatic N) is 3. The Balaban J connectivity index is 1.82. The van der Waals surface area contributed by atoms with Crippen molar-refractivity contribution in [2.24, 2.45) is 5.41 Å². The summed E-state index contributed by atoms with van der Waals surface area (Å²) in [5, 5.41) is 2.84. The molecule has 0 saturated carbocycles. The van der Waals surface area contributed by atoms with Gasteiger partial charge in [0.05, 0.1) is 13.4 Å². The number of rotatable bonds is 3. The van der Waals surface area contributed by atoms with Crippen molar-refractivity contribution >= 4 is 27.6 Å². The summed E-state index contributed by atoms with van der Waals surface area (Å²) in [6.07, 6.45) is 1.38. The highest BCUT2D eigenvalue weighted by Gasteiger charge is 2.47. The van der Waals surface area contributed by atoms with Gasteiger partial charge in [0.15, 0.2) is 0 Å². The number of amides is 3. The van der Waals surface area contributed by atoms with Gasteiger partial charge in [-0.25, -0.2) is 13.2 Å². The highest BCUT2D eigenvalue weighted by atomic mass is 32.2. The van der Waals surface area contributed by atoms with E-state index >= 15 is 0 Å². The summed E-state index contributed by atoms with van der Waals surface area (Å²) in [7, 11) is -0.186. The second-order valence-electron chi connectivity index (χ2n) is 7.61. The summed E-state index contributed by atoms with van der Waals surface area (Å²) < 4.78 is 30.9. The molecule has 0 aliphatic carbocycles. The van der Waals surface area contributed by atoms with Crippen LogP contribution in [0.25, 0.3) is 0 Å². The molecule has 9 nitrogen and oxygen atoms in total. The van der Waals surface area contributed by atoms with Crippen LogP contribution in [-0.4, -0.2) is 87.6 Å². The average molecular weight is 410 g/mol. The van der Waals surface area contributed by atoms with E-state index in [2.05, 4.69) is 5.32 Å². The van der Waals surface area contributed by atoms with Crippen LogP contribution in [0.4, 0.5) is 10.5 Å². The summed E-state index contributed by atoms with van der Waals surface area (Å²) in [6.45, 7) is 1.41. The molecule has 28 heavy (non-hydrogen) atoms. The lowest BCUT2D eigenvalue weighted by molar-refractivity contribution is -0.126. The Bertz CT molecular complexity index is 874. The van der Waals surface area contributed by atoms with E-state index in [-0.39, 0.29) is 38.0 Å². The Hall–Kier alpha value is -2.33. The number of nitrogens with one attached hydrogen (secondary N) is 1. The Morgan fingerprint density at radius 1 is 1.21 bits per heavy atom. The van der Waals surface area contributed by atoms with Crippen LogP contribution in [-0.2, 0) is 14.8 Å². The molecule has 3 amide bonds. The number of likely N-dealkylation sites (tertiary alicyclic amines) is 1. The lowest BCUT2D eigenvalue weighted by Crippen LogP contribution is -2.45. The molecule has 2 aliphatic rings. The number of hydrogen-bond acceptors (Lipinski definition) is 5. The normalized spacial score (nSPS) is 23.8. The minimum Gasteiger partial charge on any atom is -0.497 e. The second-order valence-corrected chi connectivity index (χ2v) is 9.59. The standard InChI is InChI=1S/C18H26N4O5S/c1-20-11-18(10-16(20)23)12-21(7-8-22(13-18)28(3,25)26)17(24)19-14-5-4-6-15(9-14)27-2/h4-6,9H,7-8,10-13H2,1-3H3,(H,19,24)/t18-/m0/s1. The average Bonchev–Trinajstić information content (AvgIpc) is 2.79. The number of anilines is 1. The number of carbonyl (C=O) groups excluding carboxylic acids is 2. The molecule has 2 saturated heterocycles. The highest BCUT2D eigenvalue weighted by Crippen LogP contribution is 2.35. The maximum atomic E-state index is 12.9. The molecule has 2 heterocycles. The minimum absolute atomic E-state index is 0.0384. The zero-order valence-electron chi connectivity index (χ0n) is 16.3. The van der Waals surface area contributed by atoms with E-state index in [4.69, 9.17) is 4.74 Å². The quantitative estimate of drug-likeness (QED) is 0.789. The minimum atomic E-state index is -3.44. The van der Waals surface area contributed by atoms with Crippen LogP contribution in [0.5, 0.6) is 5.75 Å². The first kappa shape index (κ1) is 20.4. The predicted molar refractivity (Wildman–Crippen MR) is 105 cm³/mol. The number of ether oxygens (including phenoxy) is 1. The van der Waals surface area contributed by atoms with Crippen LogP contribution >= 0.6 is 0 Å². The van der Waals surface area contributed by atoms with Gasteiger partial charge in [0.25, 0.3) is 0 Å². The molecular weight excluding hydrogens is 384 g/mol. The van der Waals surface area contributed by atoms with E-state index in [1.54, 1.807) is 48.2 Å². The monoisotopic (exact) mass is 410 g/mol. The maximum absolute atomic E-state index is 12.9. The molecular formula is C18H26N4O5S. The fourth-order valence-electron chi connectivity index (χ4n) is 3.89. The second kappa shape index (κ2) is 7.59. The third kappa shape index (κ3) is 4.39. The molecule has 0 unspecified atom stereocenters. The summed E-state index contributed by atoms with van der Waals surface area (Å²) >= 11 is 0. The molecule has 1 spiro atoms. The molecule has 2 fully saturated rings. The summed E-state index contributed by atoms with van der Waals surface area (Å²) in [5.41, 5.74) is -0.0286. The van der Waals surface area contributed by atoms with Gasteiger partial charge in [0, 0.05) is 63.4 Å². The van der Waals surface area contributed by atoms with E-state index < -0.39 is 15.4 Å². The molecule has 3 rings (SSSR count). The zero-order chi connectivity index (χ0) is 20.5. The van der Waals surface area contributed by atoms with Gasteiger partial charge in [0.1, 0.15) is 5.75 Å². The summed E-state index contributed by atoms with van der Waals surface area (Å²) in [4.78, 5) is 28.3. The molecule has 2 aliphatic heterocycles. The van der Waals surface area contributed by atoms with Crippen molar-refractivity contribution in [2.75, 3.05) is 58.5 Å². The maximum Gasteiger partial charge on any atom is 0.321 e. The number of methoxy groups -OCH3 is 1. The molecule has 1 aromatic carbocycles. The van der Waals surface area contributed by atoms with Crippen molar-refractivity contribution in [3.05, 3.63) is 24.3 Å².